The van der Waals surface area contributed by atoms with Gasteiger partial charge in [-0.25, -0.2) is 0 Å². The van der Waals surface area contributed by atoms with Crippen LogP contribution in [0.25, 0.3) is 0 Å². The molecule has 0 saturated heterocycles. The van der Waals surface area contributed by atoms with Crippen molar-refractivity contribution in [3.63, 3.8) is 0 Å². The second kappa shape index (κ2) is 7.36. The van der Waals surface area contributed by atoms with Gasteiger partial charge in [-0.3, -0.25) is 4.99 Å². The van der Waals surface area contributed by atoms with E-state index in [0.29, 0.717) is 17.9 Å². The summed E-state index contributed by atoms with van der Waals surface area (Å²) < 4.78 is 0. The van der Waals surface area contributed by atoms with Crippen LogP contribution in [-0.2, 0) is 0 Å². The lowest BCUT2D eigenvalue weighted by atomic mass is 9.76. The molecule has 0 amide bonds. The second-order valence-electron chi connectivity index (χ2n) is 8.33. The third-order valence-electron chi connectivity index (χ3n) is 6.21. The van der Waals surface area contributed by atoms with E-state index in [2.05, 4.69) is 103 Å². The molecule has 1 heterocycles. The second-order valence-corrected chi connectivity index (χ2v) is 8.33. The van der Waals surface area contributed by atoms with Crippen molar-refractivity contribution < 1.29 is 0 Å². The molecule has 0 saturated carbocycles. The van der Waals surface area contributed by atoms with E-state index in [1.807, 2.05) is 6.21 Å². The minimum absolute atomic E-state index is 0.334. The third kappa shape index (κ3) is 3.51. The lowest BCUT2D eigenvalue weighted by Crippen LogP contribution is -2.29. The van der Waals surface area contributed by atoms with Gasteiger partial charge in [-0.2, -0.15) is 0 Å². The van der Waals surface area contributed by atoms with Gasteiger partial charge in [0.25, 0.3) is 0 Å². The summed E-state index contributed by atoms with van der Waals surface area (Å²) in [6.45, 7) is 4.28. The number of anilines is 1. The predicted octanol–water partition coefficient (Wildman–Crippen LogP) is 6.88. The van der Waals surface area contributed by atoms with Crippen LogP contribution in [-0.4, -0.2) is 6.21 Å². The van der Waals surface area contributed by atoms with Crippen LogP contribution < -0.4 is 5.32 Å². The fourth-order valence-electron chi connectivity index (χ4n) is 4.61. The molecule has 0 unspecified atom stereocenters. The van der Waals surface area contributed by atoms with Gasteiger partial charge in [0, 0.05) is 17.8 Å². The Morgan fingerprint density at radius 3 is 2.45 bits per heavy atom. The largest absolute Gasteiger partial charge is 0.378 e. The Labute approximate surface area is 173 Å². The van der Waals surface area contributed by atoms with Gasteiger partial charge in [-0.15, -0.1) is 0 Å². The van der Waals surface area contributed by atoms with Crippen LogP contribution >= 0.6 is 0 Å². The van der Waals surface area contributed by atoms with Crippen LogP contribution in [0, 0.1) is 19.8 Å². The number of nitrogens with zero attached hydrogens (tertiary/aromatic N) is 1. The molecule has 3 aromatic rings. The summed E-state index contributed by atoms with van der Waals surface area (Å²) in [4.78, 5) is 4.65. The predicted molar refractivity (Wildman–Crippen MR) is 122 cm³/mol. The highest BCUT2D eigenvalue weighted by atomic mass is 15.0. The number of allylic oxidation sites excluding steroid dienone is 2. The van der Waals surface area contributed by atoms with Crippen LogP contribution in [0.2, 0.25) is 0 Å². The molecule has 144 valence electrons. The zero-order valence-corrected chi connectivity index (χ0v) is 17.0. The zero-order valence-electron chi connectivity index (χ0n) is 17.0. The molecule has 5 rings (SSSR count). The molecule has 0 spiro atoms. The van der Waals surface area contributed by atoms with Crippen molar-refractivity contribution in [2.45, 2.75) is 32.2 Å². The first-order valence-electron chi connectivity index (χ1n) is 10.4. The van der Waals surface area contributed by atoms with Gasteiger partial charge < -0.3 is 5.32 Å². The summed E-state index contributed by atoms with van der Waals surface area (Å²) in [5, 5.41) is 3.82. The van der Waals surface area contributed by atoms with E-state index < -0.39 is 0 Å². The van der Waals surface area contributed by atoms with E-state index in [0.717, 1.165) is 17.7 Å². The van der Waals surface area contributed by atoms with Crippen LogP contribution in [0.3, 0.4) is 0 Å². The Balaban J connectivity index is 1.38. The Kier molecular flexibility index (Phi) is 4.55. The number of hydrogen-bond donors (Lipinski definition) is 1. The average molecular weight is 379 g/mol. The SMILES string of the molecule is Cc1ccc(C=Nc2ccc([C@@H]3Nc4ccc(C)cc4[C@@H]4C=CC[C@@H]43)cc2)cc1. The monoisotopic (exact) mass is 378 g/mol. The summed E-state index contributed by atoms with van der Waals surface area (Å²) in [5.41, 5.74) is 8.77. The zero-order chi connectivity index (χ0) is 19.8. The van der Waals surface area contributed by atoms with E-state index in [1.54, 1.807) is 0 Å². The van der Waals surface area contributed by atoms with E-state index in [1.165, 1.54) is 27.9 Å². The maximum Gasteiger partial charge on any atom is 0.0630 e. The number of hydrogen-bond acceptors (Lipinski definition) is 2. The van der Waals surface area contributed by atoms with Crippen molar-refractivity contribution in [1.29, 1.82) is 0 Å². The van der Waals surface area contributed by atoms with Gasteiger partial charge in [0.1, 0.15) is 0 Å². The van der Waals surface area contributed by atoms with Crippen LogP contribution in [0.15, 0.2) is 83.9 Å². The molecule has 2 nitrogen and oxygen atoms in total. The average Bonchev–Trinajstić information content (AvgIpc) is 3.24. The minimum Gasteiger partial charge on any atom is -0.378 e. The van der Waals surface area contributed by atoms with Gasteiger partial charge in [0.2, 0.25) is 0 Å². The number of aryl methyl sites for hydroxylation is 2. The fraction of sp³-hybridized carbons (Fsp3) is 0.222. The van der Waals surface area contributed by atoms with Crippen LogP contribution in [0.5, 0.6) is 0 Å². The number of benzene rings is 3. The Morgan fingerprint density at radius 2 is 1.66 bits per heavy atom. The molecule has 0 aromatic heterocycles. The summed E-state index contributed by atoms with van der Waals surface area (Å²) >= 11 is 0. The highest BCUT2D eigenvalue weighted by molar-refractivity contribution is 5.81. The van der Waals surface area contributed by atoms with Crippen molar-refractivity contribution in [3.05, 3.63) is 107 Å². The first-order valence-corrected chi connectivity index (χ1v) is 10.4. The van der Waals surface area contributed by atoms with Gasteiger partial charge >= 0.3 is 0 Å². The number of nitrogens with one attached hydrogen (secondary N) is 1. The quantitative estimate of drug-likeness (QED) is 0.390. The molecule has 2 aliphatic rings. The molecule has 0 fully saturated rings. The lowest BCUT2D eigenvalue weighted by molar-refractivity contribution is 0.425. The van der Waals surface area contributed by atoms with Gasteiger partial charge in [-0.05, 0) is 61.1 Å². The van der Waals surface area contributed by atoms with Crippen LogP contribution in [0.4, 0.5) is 11.4 Å². The molecule has 1 N–H and O–H groups in total. The van der Waals surface area contributed by atoms with Gasteiger partial charge in [0.05, 0.1) is 11.7 Å². The molecule has 3 atom stereocenters. The molecule has 0 bridgehead atoms. The van der Waals surface area contributed by atoms with Gasteiger partial charge in [-0.1, -0.05) is 71.8 Å². The highest BCUT2D eigenvalue weighted by Gasteiger charge is 2.37. The van der Waals surface area contributed by atoms with Crippen molar-refractivity contribution in [2.24, 2.45) is 10.9 Å². The number of aliphatic imine (C=N–C) groups is 1. The Bertz CT molecular complexity index is 1070. The van der Waals surface area contributed by atoms with E-state index in [9.17, 15) is 0 Å². The first kappa shape index (κ1) is 17.9. The molecule has 3 aromatic carbocycles. The van der Waals surface area contributed by atoms with Crippen molar-refractivity contribution in [3.8, 4) is 0 Å². The number of rotatable bonds is 3. The number of fused-ring (bicyclic) bond motifs is 3. The summed E-state index contributed by atoms with van der Waals surface area (Å²) in [6.07, 6.45) is 7.81. The van der Waals surface area contributed by atoms with Crippen LogP contribution in [0.1, 0.15) is 46.2 Å². The fourth-order valence-corrected chi connectivity index (χ4v) is 4.61. The summed E-state index contributed by atoms with van der Waals surface area (Å²) in [7, 11) is 0. The molecule has 1 aliphatic carbocycles. The molecule has 29 heavy (non-hydrogen) atoms. The molecular formula is C27H26N2. The van der Waals surface area contributed by atoms with E-state index in [4.69, 9.17) is 0 Å². The molecule has 2 heteroatoms. The lowest BCUT2D eigenvalue weighted by Gasteiger charge is -2.37. The maximum absolute atomic E-state index is 4.65. The summed E-state index contributed by atoms with van der Waals surface area (Å²) in [5.74, 6) is 1.08. The third-order valence-corrected chi connectivity index (χ3v) is 6.21. The van der Waals surface area contributed by atoms with E-state index >= 15 is 0 Å². The highest BCUT2D eigenvalue weighted by Crippen LogP contribution is 2.49. The molecule has 1 aliphatic heterocycles. The topological polar surface area (TPSA) is 24.4 Å². The van der Waals surface area contributed by atoms with Crippen molar-refractivity contribution >= 4 is 17.6 Å². The van der Waals surface area contributed by atoms with Crippen molar-refractivity contribution in [2.75, 3.05) is 5.32 Å². The van der Waals surface area contributed by atoms with E-state index in [-0.39, 0.29) is 0 Å². The van der Waals surface area contributed by atoms with Gasteiger partial charge in [0.15, 0.2) is 0 Å². The molecular weight excluding hydrogens is 352 g/mol. The smallest absolute Gasteiger partial charge is 0.0630 e. The normalized spacial score (nSPS) is 22.3. The first-order chi connectivity index (χ1) is 14.2. The Morgan fingerprint density at radius 1 is 0.897 bits per heavy atom. The molecule has 0 radical (unpaired) electrons. The Hall–Kier alpha value is -3.13. The van der Waals surface area contributed by atoms with Crippen molar-refractivity contribution in [1.82, 2.24) is 0 Å². The minimum atomic E-state index is 0.334. The summed E-state index contributed by atoms with van der Waals surface area (Å²) in [6, 6.07) is 24.3. The standard InChI is InChI=1S/C27H26N2/c1-18-6-9-20(10-7-18)17-28-22-13-11-21(12-14-22)27-24-5-3-4-23(24)25-16-19(2)8-15-26(25)29-27/h3-4,6-17,23-24,27,29H,5H2,1-2H3/t23-,24+,27+/m1/s1. The maximum atomic E-state index is 4.65.